The van der Waals surface area contributed by atoms with Gasteiger partial charge in [0.2, 0.25) is 0 Å². The van der Waals surface area contributed by atoms with E-state index in [2.05, 4.69) is 55.3 Å². The van der Waals surface area contributed by atoms with Crippen molar-refractivity contribution in [1.82, 2.24) is 15.1 Å². The molecule has 1 aliphatic rings. The van der Waals surface area contributed by atoms with E-state index in [1.165, 1.54) is 5.56 Å². The van der Waals surface area contributed by atoms with E-state index in [9.17, 15) is 4.79 Å². The van der Waals surface area contributed by atoms with Gasteiger partial charge in [-0.2, -0.15) is 0 Å². The van der Waals surface area contributed by atoms with Crippen LogP contribution < -0.4 is 5.32 Å². The maximum absolute atomic E-state index is 12.5. The van der Waals surface area contributed by atoms with E-state index >= 15 is 0 Å². The summed E-state index contributed by atoms with van der Waals surface area (Å²) in [7, 11) is 1.85. The largest absolute Gasteiger partial charge is 0.379 e. The van der Waals surface area contributed by atoms with Crippen LogP contribution >= 0.6 is 0 Å². The van der Waals surface area contributed by atoms with Gasteiger partial charge in [-0.15, -0.1) is 0 Å². The van der Waals surface area contributed by atoms with Crippen LogP contribution in [0.5, 0.6) is 0 Å². The molecule has 5 heteroatoms. The van der Waals surface area contributed by atoms with E-state index in [4.69, 9.17) is 4.74 Å². The minimum Gasteiger partial charge on any atom is -0.379 e. The molecule has 0 aliphatic carbocycles. The van der Waals surface area contributed by atoms with Crippen LogP contribution in [0.3, 0.4) is 0 Å². The Kier molecular flexibility index (Phi) is 7.72. The number of nitrogens with one attached hydrogen (secondary N) is 1. The molecule has 1 saturated heterocycles. The van der Waals surface area contributed by atoms with Gasteiger partial charge in [-0.05, 0) is 23.5 Å². The Morgan fingerprint density at radius 1 is 1.20 bits per heavy atom. The zero-order chi connectivity index (χ0) is 18.2. The fourth-order valence-corrected chi connectivity index (χ4v) is 3.25. The molecule has 1 unspecified atom stereocenters. The van der Waals surface area contributed by atoms with Crippen LogP contribution in [0.4, 0.5) is 4.79 Å². The van der Waals surface area contributed by atoms with Crippen LogP contribution in [-0.4, -0.2) is 61.8 Å². The summed E-state index contributed by atoms with van der Waals surface area (Å²) >= 11 is 0. The van der Waals surface area contributed by atoms with Gasteiger partial charge in [0.15, 0.2) is 0 Å². The van der Waals surface area contributed by atoms with E-state index in [0.717, 1.165) is 38.3 Å². The average molecular weight is 348 g/mol. The minimum atomic E-state index is -0.0153. The molecule has 2 amide bonds. The standard InChI is InChI=1S/C20H33N3O2/c1-5-17-6-8-18(9-7-17)15-22(4)20(24)21-14-19(16(2)3)23-10-12-25-13-11-23/h6-9,16,19H,5,10-15H2,1-4H3,(H,21,24). The van der Waals surface area contributed by atoms with Crippen LogP contribution in [0, 0.1) is 5.92 Å². The van der Waals surface area contributed by atoms with Gasteiger partial charge in [0.25, 0.3) is 0 Å². The Hall–Kier alpha value is -1.59. The molecule has 0 saturated carbocycles. The SMILES string of the molecule is CCc1ccc(CN(C)C(=O)NCC(C(C)C)N2CCOCC2)cc1. The molecule has 2 rings (SSSR count). The van der Waals surface area contributed by atoms with Crippen molar-refractivity contribution < 1.29 is 9.53 Å². The summed E-state index contributed by atoms with van der Waals surface area (Å²) in [6.07, 6.45) is 1.04. The number of benzene rings is 1. The number of amides is 2. The second-order valence-electron chi connectivity index (χ2n) is 7.17. The predicted molar refractivity (Wildman–Crippen MR) is 102 cm³/mol. The Bertz CT molecular complexity index is 524. The van der Waals surface area contributed by atoms with Crippen molar-refractivity contribution in [2.45, 2.75) is 39.8 Å². The molecule has 0 aromatic heterocycles. The lowest BCUT2D eigenvalue weighted by Gasteiger charge is -2.37. The van der Waals surface area contributed by atoms with E-state index in [1.807, 2.05) is 7.05 Å². The van der Waals surface area contributed by atoms with E-state index < -0.39 is 0 Å². The normalized spacial score (nSPS) is 16.7. The summed E-state index contributed by atoms with van der Waals surface area (Å²) < 4.78 is 5.44. The molecule has 0 radical (unpaired) electrons. The molecular formula is C20H33N3O2. The molecule has 25 heavy (non-hydrogen) atoms. The summed E-state index contributed by atoms with van der Waals surface area (Å²) in [5.41, 5.74) is 2.48. The van der Waals surface area contributed by atoms with Gasteiger partial charge >= 0.3 is 6.03 Å². The molecule has 1 heterocycles. The number of hydrogen-bond donors (Lipinski definition) is 1. The predicted octanol–water partition coefficient (Wildman–Crippen LogP) is 2.75. The lowest BCUT2D eigenvalue weighted by Crippen LogP contribution is -2.52. The van der Waals surface area contributed by atoms with Crippen molar-refractivity contribution >= 4 is 6.03 Å². The molecule has 1 fully saturated rings. The third kappa shape index (κ3) is 6.01. The highest BCUT2D eigenvalue weighted by molar-refractivity contribution is 5.73. The number of morpholine rings is 1. The minimum absolute atomic E-state index is 0.0153. The second-order valence-corrected chi connectivity index (χ2v) is 7.17. The fourth-order valence-electron chi connectivity index (χ4n) is 3.25. The first-order valence-electron chi connectivity index (χ1n) is 9.39. The first-order chi connectivity index (χ1) is 12.0. The van der Waals surface area contributed by atoms with Gasteiger partial charge < -0.3 is 15.0 Å². The molecule has 0 spiro atoms. The van der Waals surface area contributed by atoms with Crippen molar-refractivity contribution in [3.05, 3.63) is 35.4 Å². The van der Waals surface area contributed by atoms with Crippen molar-refractivity contribution in [2.75, 3.05) is 39.9 Å². The fraction of sp³-hybridized carbons (Fsp3) is 0.650. The summed E-state index contributed by atoms with van der Waals surface area (Å²) in [5.74, 6) is 0.491. The van der Waals surface area contributed by atoms with Gasteiger partial charge in [0.05, 0.1) is 13.2 Å². The topological polar surface area (TPSA) is 44.8 Å². The highest BCUT2D eigenvalue weighted by Crippen LogP contribution is 2.13. The molecule has 1 N–H and O–H groups in total. The zero-order valence-electron chi connectivity index (χ0n) is 16.1. The highest BCUT2D eigenvalue weighted by Gasteiger charge is 2.24. The van der Waals surface area contributed by atoms with Gasteiger partial charge in [0.1, 0.15) is 0 Å². The van der Waals surface area contributed by atoms with E-state index in [0.29, 0.717) is 25.0 Å². The molecule has 5 nitrogen and oxygen atoms in total. The average Bonchev–Trinajstić information content (AvgIpc) is 2.63. The van der Waals surface area contributed by atoms with Gasteiger partial charge in [-0.25, -0.2) is 4.79 Å². The maximum atomic E-state index is 12.5. The number of rotatable bonds is 7. The second kappa shape index (κ2) is 9.78. The van der Waals surface area contributed by atoms with Crippen LogP contribution in [0.1, 0.15) is 31.9 Å². The first-order valence-corrected chi connectivity index (χ1v) is 9.39. The van der Waals surface area contributed by atoms with Crippen LogP contribution in [0.25, 0.3) is 0 Å². The van der Waals surface area contributed by atoms with Crippen LogP contribution in [0.2, 0.25) is 0 Å². The van der Waals surface area contributed by atoms with Crippen LogP contribution in [-0.2, 0) is 17.7 Å². The number of carbonyl (C=O) groups excluding carboxylic acids is 1. The molecule has 0 bridgehead atoms. The summed E-state index contributed by atoms with van der Waals surface area (Å²) in [5, 5.41) is 3.11. The third-order valence-corrected chi connectivity index (χ3v) is 4.94. The number of ether oxygens (including phenoxy) is 1. The number of carbonyl (C=O) groups is 1. The first kappa shape index (κ1) is 19.7. The Balaban J connectivity index is 1.83. The van der Waals surface area contributed by atoms with Gasteiger partial charge in [0, 0.05) is 39.3 Å². The van der Waals surface area contributed by atoms with Crippen molar-refractivity contribution in [3.8, 4) is 0 Å². The molecule has 1 aromatic carbocycles. The number of nitrogens with zero attached hydrogens (tertiary/aromatic N) is 2. The zero-order valence-corrected chi connectivity index (χ0v) is 16.1. The van der Waals surface area contributed by atoms with Crippen molar-refractivity contribution in [2.24, 2.45) is 5.92 Å². The van der Waals surface area contributed by atoms with Crippen molar-refractivity contribution in [3.63, 3.8) is 0 Å². The lowest BCUT2D eigenvalue weighted by atomic mass is 10.0. The number of hydrogen-bond acceptors (Lipinski definition) is 3. The van der Waals surface area contributed by atoms with Gasteiger partial charge in [-0.1, -0.05) is 45.0 Å². The molecular weight excluding hydrogens is 314 g/mol. The molecule has 1 aromatic rings. The van der Waals surface area contributed by atoms with Crippen LogP contribution in [0.15, 0.2) is 24.3 Å². The number of aryl methyl sites for hydroxylation is 1. The molecule has 140 valence electrons. The highest BCUT2D eigenvalue weighted by atomic mass is 16.5. The van der Waals surface area contributed by atoms with E-state index in [-0.39, 0.29) is 6.03 Å². The third-order valence-electron chi connectivity index (χ3n) is 4.94. The summed E-state index contributed by atoms with van der Waals surface area (Å²) in [4.78, 5) is 16.6. The Morgan fingerprint density at radius 3 is 2.36 bits per heavy atom. The van der Waals surface area contributed by atoms with Gasteiger partial charge in [-0.3, -0.25) is 4.90 Å². The number of urea groups is 1. The van der Waals surface area contributed by atoms with Crippen molar-refractivity contribution in [1.29, 1.82) is 0 Å². The smallest absolute Gasteiger partial charge is 0.317 e. The lowest BCUT2D eigenvalue weighted by molar-refractivity contribution is 0.00697. The molecule has 1 aliphatic heterocycles. The molecule has 1 atom stereocenters. The monoisotopic (exact) mass is 347 g/mol. The Labute approximate surface area is 152 Å². The Morgan fingerprint density at radius 2 is 1.80 bits per heavy atom. The quantitative estimate of drug-likeness (QED) is 0.825. The summed E-state index contributed by atoms with van der Waals surface area (Å²) in [6, 6.07) is 8.81. The summed E-state index contributed by atoms with van der Waals surface area (Å²) in [6.45, 7) is 11.3. The van der Waals surface area contributed by atoms with E-state index in [1.54, 1.807) is 4.90 Å². The maximum Gasteiger partial charge on any atom is 0.317 e.